The summed E-state index contributed by atoms with van der Waals surface area (Å²) in [6.45, 7) is 1.69. The van der Waals surface area contributed by atoms with Gasteiger partial charge in [0.25, 0.3) is 0 Å². The average Bonchev–Trinajstić information content (AvgIpc) is 3.11. The molecule has 0 radical (unpaired) electrons. The molecule has 0 spiro atoms. The minimum Gasteiger partial charge on any atom is -0.497 e. The first-order chi connectivity index (χ1) is 11.2. The van der Waals surface area contributed by atoms with Gasteiger partial charge in [-0.25, -0.2) is 0 Å². The Morgan fingerprint density at radius 1 is 1.29 bits per heavy atom. The van der Waals surface area contributed by atoms with Gasteiger partial charge in [0.1, 0.15) is 5.75 Å². The maximum absolute atomic E-state index is 12.5. The number of piperidine rings is 1. The van der Waals surface area contributed by atoms with Gasteiger partial charge in [-0.1, -0.05) is 31.4 Å². The highest BCUT2D eigenvalue weighted by Gasteiger charge is 2.36. The van der Waals surface area contributed by atoms with Crippen molar-refractivity contribution in [2.45, 2.75) is 56.4 Å². The molecule has 1 aliphatic heterocycles. The second kappa shape index (κ2) is 8.72. The zero-order valence-electron chi connectivity index (χ0n) is 14.5. The zero-order valence-corrected chi connectivity index (χ0v) is 15.3. The summed E-state index contributed by atoms with van der Waals surface area (Å²) in [5.41, 5.74) is 1.37. The molecule has 2 aliphatic rings. The molecule has 1 unspecified atom stereocenters. The van der Waals surface area contributed by atoms with Crippen molar-refractivity contribution in [3.05, 3.63) is 29.8 Å². The quantitative estimate of drug-likeness (QED) is 0.855. The monoisotopic (exact) mass is 352 g/mol. The van der Waals surface area contributed by atoms with Crippen LogP contribution in [0.4, 0.5) is 0 Å². The molecule has 0 aromatic heterocycles. The number of amides is 1. The average molecular weight is 353 g/mol. The van der Waals surface area contributed by atoms with Crippen molar-refractivity contribution >= 4 is 18.3 Å². The molecule has 2 fully saturated rings. The number of halogens is 1. The van der Waals surface area contributed by atoms with Crippen LogP contribution in [-0.4, -0.2) is 32.1 Å². The summed E-state index contributed by atoms with van der Waals surface area (Å²) in [5, 5.41) is 6.56. The second-order valence-electron chi connectivity index (χ2n) is 6.94. The molecule has 1 aromatic carbocycles. The molecule has 2 N–H and O–H groups in total. The van der Waals surface area contributed by atoms with E-state index in [0.29, 0.717) is 0 Å². The lowest BCUT2D eigenvalue weighted by molar-refractivity contribution is -0.123. The van der Waals surface area contributed by atoms with E-state index >= 15 is 0 Å². The van der Waals surface area contributed by atoms with Gasteiger partial charge >= 0.3 is 0 Å². The summed E-state index contributed by atoms with van der Waals surface area (Å²) < 4.78 is 5.38. The third kappa shape index (κ3) is 4.22. The van der Waals surface area contributed by atoms with Crippen LogP contribution in [0.5, 0.6) is 5.75 Å². The predicted molar refractivity (Wildman–Crippen MR) is 99.0 cm³/mol. The molecule has 1 heterocycles. The van der Waals surface area contributed by atoms with E-state index in [-0.39, 0.29) is 29.8 Å². The van der Waals surface area contributed by atoms with Gasteiger partial charge in [0.05, 0.1) is 13.2 Å². The van der Waals surface area contributed by atoms with E-state index in [9.17, 15) is 4.79 Å². The van der Waals surface area contributed by atoms with Crippen LogP contribution in [0.3, 0.4) is 0 Å². The van der Waals surface area contributed by atoms with Crippen LogP contribution in [0.25, 0.3) is 0 Å². The lowest BCUT2D eigenvalue weighted by atomic mass is 9.78. The van der Waals surface area contributed by atoms with E-state index in [1.54, 1.807) is 7.11 Å². The molecule has 1 amide bonds. The first-order valence-electron chi connectivity index (χ1n) is 8.89. The molecule has 1 aliphatic carbocycles. The summed E-state index contributed by atoms with van der Waals surface area (Å²) in [7, 11) is 1.71. The van der Waals surface area contributed by atoms with Gasteiger partial charge in [0, 0.05) is 12.0 Å². The van der Waals surface area contributed by atoms with Crippen molar-refractivity contribution < 1.29 is 9.53 Å². The van der Waals surface area contributed by atoms with E-state index in [4.69, 9.17) is 4.74 Å². The van der Waals surface area contributed by atoms with Crippen LogP contribution in [-0.2, 0) is 10.2 Å². The van der Waals surface area contributed by atoms with Gasteiger partial charge in [-0.2, -0.15) is 0 Å². The van der Waals surface area contributed by atoms with Gasteiger partial charge in [0.15, 0.2) is 0 Å². The number of ether oxygens (including phenoxy) is 1. The summed E-state index contributed by atoms with van der Waals surface area (Å²) >= 11 is 0. The summed E-state index contributed by atoms with van der Waals surface area (Å²) in [4.78, 5) is 12.5. The van der Waals surface area contributed by atoms with E-state index in [1.165, 1.54) is 24.8 Å². The Morgan fingerprint density at radius 2 is 2.08 bits per heavy atom. The van der Waals surface area contributed by atoms with Crippen LogP contribution in [0, 0.1) is 0 Å². The Bertz CT molecular complexity index is 538. The molecular formula is C19H29ClN2O2. The Morgan fingerprint density at radius 3 is 2.75 bits per heavy atom. The van der Waals surface area contributed by atoms with Gasteiger partial charge in [-0.3, -0.25) is 4.79 Å². The summed E-state index contributed by atoms with van der Waals surface area (Å²) in [5.74, 6) is 1.06. The summed E-state index contributed by atoms with van der Waals surface area (Å²) in [6.07, 6.45) is 8.02. The number of hydrogen-bond donors (Lipinski definition) is 2. The van der Waals surface area contributed by atoms with E-state index in [0.717, 1.165) is 44.5 Å². The lowest BCUT2D eigenvalue weighted by Gasteiger charge is -2.31. The normalized spacial score (nSPS) is 22.5. The maximum Gasteiger partial charge on any atom is 0.237 e. The Labute approximate surface area is 151 Å². The van der Waals surface area contributed by atoms with Gasteiger partial charge < -0.3 is 15.4 Å². The van der Waals surface area contributed by atoms with Crippen molar-refractivity contribution in [3.63, 3.8) is 0 Å². The fraction of sp³-hybridized carbons (Fsp3) is 0.632. The van der Waals surface area contributed by atoms with Crippen LogP contribution in [0.15, 0.2) is 24.3 Å². The van der Waals surface area contributed by atoms with Gasteiger partial charge in [-0.15, -0.1) is 12.4 Å². The number of benzene rings is 1. The van der Waals surface area contributed by atoms with Crippen LogP contribution in [0.2, 0.25) is 0 Å². The topological polar surface area (TPSA) is 50.4 Å². The van der Waals surface area contributed by atoms with E-state index in [2.05, 4.69) is 28.8 Å². The Balaban J connectivity index is 0.00000208. The molecule has 24 heavy (non-hydrogen) atoms. The fourth-order valence-electron chi connectivity index (χ4n) is 4.03. The lowest BCUT2D eigenvalue weighted by Crippen LogP contribution is -2.49. The maximum atomic E-state index is 12.5. The van der Waals surface area contributed by atoms with Crippen LogP contribution in [0.1, 0.15) is 50.5 Å². The minimum absolute atomic E-state index is 0. The number of hydrogen-bond acceptors (Lipinski definition) is 3. The fourth-order valence-corrected chi connectivity index (χ4v) is 4.03. The highest BCUT2D eigenvalue weighted by molar-refractivity contribution is 5.85. The summed E-state index contributed by atoms with van der Waals surface area (Å²) in [6, 6.07) is 8.34. The predicted octanol–water partition coefficient (Wildman–Crippen LogP) is 3.19. The highest BCUT2D eigenvalue weighted by atomic mass is 35.5. The van der Waals surface area contributed by atoms with E-state index < -0.39 is 0 Å². The number of rotatable bonds is 5. The molecule has 5 heteroatoms. The number of carbonyl (C=O) groups excluding carboxylic acids is 1. The molecule has 134 valence electrons. The number of methoxy groups -OCH3 is 1. The third-order valence-corrected chi connectivity index (χ3v) is 5.47. The second-order valence-corrected chi connectivity index (χ2v) is 6.94. The van der Waals surface area contributed by atoms with Crippen LogP contribution >= 0.6 is 12.4 Å². The van der Waals surface area contributed by atoms with Crippen molar-refractivity contribution in [1.29, 1.82) is 0 Å². The first kappa shape index (κ1) is 19.1. The highest BCUT2D eigenvalue weighted by Crippen LogP contribution is 2.41. The number of carbonyl (C=O) groups is 1. The largest absolute Gasteiger partial charge is 0.497 e. The zero-order chi connectivity index (χ0) is 16.1. The Hall–Kier alpha value is -1.26. The van der Waals surface area contributed by atoms with E-state index in [1.807, 2.05) is 6.07 Å². The van der Waals surface area contributed by atoms with Gasteiger partial charge in [-0.05, 0) is 49.9 Å². The standard InChI is InChI=1S/C19H28N2O2.ClH/c1-23-16-8-6-7-15(13-16)19(10-3-4-11-19)14-21-18(22)17-9-2-5-12-20-17;/h6-8,13,17,20H,2-5,9-12,14H2,1H3,(H,21,22);1H. The minimum atomic E-state index is -0.00693. The van der Waals surface area contributed by atoms with Crippen molar-refractivity contribution in [2.75, 3.05) is 20.2 Å². The molecule has 1 atom stereocenters. The third-order valence-electron chi connectivity index (χ3n) is 5.47. The molecule has 1 saturated carbocycles. The molecule has 1 saturated heterocycles. The Kier molecular flexibility index (Phi) is 6.93. The molecule has 3 rings (SSSR count). The smallest absolute Gasteiger partial charge is 0.237 e. The van der Waals surface area contributed by atoms with Crippen molar-refractivity contribution in [2.24, 2.45) is 0 Å². The van der Waals surface area contributed by atoms with Gasteiger partial charge in [0.2, 0.25) is 5.91 Å². The SMILES string of the molecule is COc1cccc(C2(CNC(=O)C3CCCCN3)CCCC2)c1.Cl. The van der Waals surface area contributed by atoms with Crippen molar-refractivity contribution in [3.8, 4) is 5.75 Å². The molecule has 0 bridgehead atoms. The molecule has 1 aromatic rings. The first-order valence-corrected chi connectivity index (χ1v) is 8.89. The molecule has 4 nitrogen and oxygen atoms in total. The molecular weight excluding hydrogens is 324 g/mol. The van der Waals surface area contributed by atoms with Crippen LogP contribution < -0.4 is 15.4 Å². The van der Waals surface area contributed by atoms with Crippen molar-refractivity contribution in [1.82, 2.24) is 10.6 Å². The number of nitrogens with one attached hydrogen (secondary N) is 2.